The van der Waals surface area contributed by atoms with Gasteiger partial charge in [-0.3, -0.25) is 4.79 Å². The molecular formula is C17H28N2O. The third-order valence-electron chi connectivity index (χ3n) is 6.80. The summed E-state index contributed by atoms with van der Waals surface area (Å²) in [6.07, 6.45) is 10.5. The van der Waals surface area contributed by atoms with Gasteiger partial charge in [-0.2, -0.15) is 0 Å². The second-order valence-electron chi connectivity index (χ2n) is 7.83. The smallest absolute Gasteiger partial charge is 0.226 e. The minimum Gasteiger partial charge on any atom is -0.341 e. The van der Waals surface area contributed by atoms with Crippen LogP contribution < -0.4 is 0 Å². The van der Waals surface area contributed by atoms with E-state index in [0.29, 0.717) is 23.3 Å². The minimum absolute atomic E-state index is 0.378. The summed E-state index contributed by atoms with van der Waals surface area (Å²) in [5.41, 5.74) is 0.442. The normalized spacial score (nSPS) is 41.6. The van der Waals surface area contributed by atoms with E-state index >= 15 is 0 Å². The maximum Gasteiger partial charge on any atom is 0.226 e. The van der Waals surface area contributed by atoms with E-state index in [9.17, 15) is 4.79 Å². The quantitative estimate of drug-likeness (QED) is 0.774. The number of rotatable bonds is 2. The number of likely N-dealkylation sites (N-methyl/N-ethyl adjacent to an activating group) is 1. The molecule has 1 spiro atoms. The first-order chi connectivity index (χ1) is 9.70. The molecule has 3 saturated heterocycles. The lowest BCUT2D eigenvalue weighted by molar-refractivity contribution is -0.138. The third kappa shape index (κ3) is 2.01. The molecule has 2 saturated carbocycles. The molecule has 2 bridgehead atoms. The molecule has 3 nitrogen and oxygen atoms in total. The number of piperidine rings is 3. The molecule has 20 heavy (non-hydrogen) atoms. The lowest BCUT2D eigenvalue weighted by Crippen LogP contribution is -2.58. The summed E-state index contributed by atoms with van der Waals surface area (Å²) in [6.45, 7) is 3.65. The van der Waals surface area contributed by atoms with Gasteiger partial charge in [-0.1, -0.05) is 19.3 Å². The molecule has 0 N–H and O–H groups in total. The summed E-state index contributed by atoms with van der Waals surface area (Å²) in [7, 11) is 2.09. The average molecular weight is 276 g/mol. The molecule has 2 atom stereocenters. The van der Waals surface area contributed by atoms with Crippen LogP contribution in [0.15, 0.2) is 0 Å². The SMILES string of the molecule is CN(C(=O)C1CC12CCCCC2)C1CN2CCC1CC2. The van der Waals surface area contributed by atoms with Crippen molar-refractivity contribution in [2.45, 2.75) is 57.4 Å². The van der Waals surface area contributed by atoms with Gasteiger partial charge in [0.1, 0.15) is 0 Å². The van der Waals surface area contributed by atoms with E-state index in [1.54, 1.807) is 0 Å². The molecule has 5 aliphatic rings. The van der Waals surface area contributed by atoms with Crippen molar-refractivity contribution < 1.29 is 4.79 Å². The van der Waals surface area contributed by atoms with Crippen molar-refractivity contribution in [3.8, 4) is 0 Å². The Morgan fingerprint density at radius 3 is 2.45 bits per heavy atom. The molecule has 5 fully saturated rings. The summed E-state index contributed by atoms with van der Waals surface area (Å²) < 4.78 is 0. The van der Waals surface area contributed by atoms with Crippen molar-refractivity contribution >= 4 is 5.91 Å². The standard InChI is InChI=1S/C17H28N2O/c1-18(15-12-19-9-5-13(15)6-10-19)16(20)14-11-17(14)7-3-2-4-8-17/h13-15H,2-12H2,1H3. The highest BCUT2D eigenvalue weighted by molar-refractivity contribution is 5.83. The summed E-state index contributed by atoms with van der Waals surface area (Å²) in [6, 6.07) is 0.506. The largest absolute Gasteiger partial charge is 0.341 e. The van der Waals surface area contributed by atoms with Gasteiger partial charge in [-0.25, -0.2) is 0 Å². The molecule has 3 heterocycles. The van der Waals surface area contributed by atoms with E-state index in [1.165, 1.54) is 64.5 Å². The Morgan fingerprint density at radius 2 is 1.85 bits per heavy atom. The Balaban J connectivity index is 1.41. The van der Waals surface area contributed by atoms with Gasteiger partial charge in [-0.05, 0) is 56.5 Å². The molecule has 2 unspecified atom stereocenters. The Hall–Kier alpha value is -0.570. The van der Waals surface area contributed by atoms with Crippen molar-refractivity contribution in [1.29, 1.82) is 0 Å². The number of fused-ring (bicyclic) bond motifs is 3. The molecule has 1 amide bonds. The van der Waals surface area contributed by atoms with E-state index in [1.807, 2.05) is 0 Å². The van der Waals surface area contributed by atoms with Crippen molar-refractivity contribution in [2.24, 2.45) is 17.3 Å². The highest BCUT2D eigenvalue weighted by Gasteiger charge is 2.58. The maximum absolute atomic E-state index is 12.9. The van der Waals surface area contributed by atoms with Crippen molar-refractivity contribution in [1.82, 2.24) is 9.80 Å². The fourth-order valence-electron chi connectivity index (χ4n) is 5.29. The second kappa shape index (κ2) is 4.72. The Morgan fingerprint density at radius 1 is 1.15 bits per heavy atom. The van der Waals surface area contributed by atoms with E-state index in [4.69, 9.17) is 0 Å². The van der Waals surface area contributed by atoms with E-state index in [-0.39, 0.29) is 0 Å². The fraction of sp³-hybridized carbons (Fsp3) is 0.941. The maximum atomic E-state index is 12.9. The molecule has 2 aliphatic carbocycles. The molecule has 3 heteroatoms. The van der Waals surface area contributed by atoms with Gasteiger partial charge in [0, 0.05) is 25.6 Å². The number of carbonyl (C=O) groups excluding carboxylic acids is 1. The molecule has 0 aromatic heterocycles. The lowest BCUT2D eigenvalue weighted by atomic mass is 9.82. The number of hydrogen-bond acceptors (Lipinski definition) is 2. The zero-order valence-electron chi connectivity index (χ0n) is 12.8. The first-order valence-electron chi connectivity index (χ1n) is 8.69. The molecule has 5 rings (SSSR count). The Bertz CT molecular complexity index is 394. The van der Waals surface area contributed by atoms with Crippen molar-refractivity contribution in [3.63, 3.8) is 0 Å². The van der Waals surface area contributed by atoms with Gasteiger partial charge in [0.25, 0.3) is 0 Å². The van der Waals surface area contributed by atoms with Crippen LogP contribution in [0.4, 0.5) is 0 Å². The molecule has 0 aromatic carbocycles. The summed E-state index contributed by atoms with van der Waals surface area (Å²) in [5.74, 6) is 1.63. The van der Waals surface area contributed by atoms with Gasteiger partial charge in [0.15, 0.2) is 0 Å². The number of amides is 1. The predicted octanol–water partition coefficient (Wildman–Crippen LogP) is 2.51. The second-order valence-corrected chi connectivity index (χ2v) is 7.83. The van der Waals surface area contributed by atoms with Crippen molar-refractivity contribution in [3.05, 3.63) is 0 Å². The zero-order valence-corrected chi connectivity index (χ0v) is 12.8. The summed E-state index contributed by atoms with van der Waals surface area (Å²) in [4.78, 5) is 17.6. The van der Waals surface area contributed by atoms with Crippen LogP contribution in [0.5, 0.6) is 0 Å². The predicted molar refractivity (Wildman–Crippen MR) is 79.3 cm³/mol. The summed E-state index contributed by atoms with van der Waals surface area (Å²) >= 11 is 0. The first-order valence-corrected chi connectivity index (χ1v) is 8.69. The van der Waals surface area contributed by atoms with Crippen LogP contribution in [0.3, 0.4) is 0 Å². The van der Waals surface area contributed by atoms with E-state index in [0.717, 1.165) is 12.5 Å². The highest BCUT2D eigenvalue weighted by Crippen LogP contribution is 2.62. The van der Waals surface area contributed by atoms with Crippen LogP contribution >= 0.6 is 0 Å². The Kier molecular flexibility index (Phi) is 3.10. The van der Waals surface area contributed by atoms with Crippen LogP contribution in [0.1, 0.15) is 51.4 Å². The topological polar surface area (TPSA) is 23.6 Å². The monoisotopic (exact) mass is 276 g/mol. The van der Waals surface area contributed by atoms with Gasteiger partial charge < -0.3 is 9.80 Å². The average Bonchev–Trinajstić information content (AvgIpc) is 3.20. The van der Waals surface area contributed by atoms with Crippen LogP contribution in [-0.4, -0.2) is 48.4 Å². The van der Waals surface area contributed by atoms with Crippen LogP contribution in [0.25, 0.3) is 0 Å². The summed E-state index contributed by atoms with van der Waals surface area (Å²) in [5, 5.41) is 0. The van der Waals surface area contributed by atoms with Gasteiger partial charge in [-0.15, -0.1) is 0 Å². The van der Waals surface area contributed by atoms with Crippen LogP contribution in [0, 0.1) is 17.3 Å². The first kappa shape index (κ1) is 13.1. The van der Waals surface area contributed by atoms with Crippen molar-refractivity contribution in [2.75, 3.05) is 26.7 Å². The van der Waals surface area contributed by atoms with Gasteiger partial charge in [0.2, 0.25) is 5.91 Å². The molecule has 3 aliphatic heterocycles. The number of nitrogens with zero attached hydrogens (tertiary/aromatic N) is 2. The number of carbonyl (C=O) groups is 1. The lowest BCUT2D eigenvalue weighted by Gasteiger charge is -2.48. The zero-order chi connectivity index (χ0) is 13.7. The van der Waals surface area contributed by atoms with Crippen LogP contribution in [0.2, 0.25) is 0 Å². The van der Waals surface area contributed by atoms with E-state index < -0.39 is 0 Å². The fourth-order valence-corrected chi connectivity index (χ4v) is 5.29. The third-order valence-corrected chi connectivity index (χ3v) is 6.80. The van der Waals surface area contributed by atoms with E-state index in [2.05, 4.69) is 16.8 Å². The molecule has 0 aromatic rings. The molecular weight excluding hydrogens is 248 g/mol. The highest BCUT2D eigenvalue weighted by atomic mass is 16.2. The molecule has 0 radical (unpaired) electrons. The Labute approximate surface area is 122 Å². The van der Waals surface area contributed by atoms with Gasteiger partial charge in [0.05, 0.1) is 0 Å². The van der Waals surface area contributed by atoms with Crippen LogP contribution in [-0.2, 0) is 4.79 Å². The van der Waals surface area contributed by atoms with Gasteiger partial charge >= 0.3 is 0 Å². The minimum atomic E-state index is 0.378. The molecule has 112 valence electrons. The number of hydrogen-bond donors (Lipinski definition) is 0.